The van der Waals surface area contributed by atoms with Gasteiger partial charge in [0, 0.05) is 6.04 Å². The Labute approximate surface area is 102 Å². The lowest BCUT2D eigenvalue weighted by Crippen LogP contribution is -2.34. The molecule has 1 atom stereocenters. The van der Waals surface area contributed by atoms with Crippen molar-refractivity contribution in [2.45, 2.75) is 17.9 Å². The number of thiophene rings is 1. The Kier molecular flexibility index (Phi) is 4.39. The number of aliphatic hydroxyl groups excluding tert-OH is 1. The summed E-state index contributed by atoms with van der Waals surface area (Å²) >= 11 is 12.3. The maximum atomic E-state index is 11.7. The van der Waals surface area contributed by atoms with Gasteiger partial charge in [-0.2, -0.15) is 0 Å². The van der Waals surface area contributed by atoms with Gasteiger partial charge in [0.1, 0.15) is 9.23 Å². The zero-order valence-electron chi connectivity index (χ0n) is 7.70. The van der Waals surface area contributed by atoms with E-state index in [2.05, 4.69) is 4.72 Å². The molecule has 2 N–H and O–H groups in total. The van der Waals surface area contributed by atoms with E-state index in [4.69, 9.17) is 28.3 Å². The van der Waals surface area contributed by atoms with Crippen molar-refractivity contribution >= 4 is 44.6 Å². The molecule has 1 heterocycles. The number of rotatable bonds is 4. The molecule has 0 aromatic carbocycles. The van der Waals surface area contributed by atoms with Crippen LogP contribution in [-0.4, -0.2) is 26.2 Å². The SMILES string of the molecule is C[C@@H](CO)NS(=O)(=O)c1cc(Cl)sc1Cl. The van der Waals surface area contributed by atoms with Gasteiger partial charge in [0.15, 0.2) is 0 Å². The highest BCUT2D eigenvalue weighted by molar-refractivity contribution is 7.89. The molecule has 15 heavy (non-hydrogen) atoms. The van der Waals surface area contributed by atoms with Gasteiger partial charge in [-0.15, -0.1) is 11.3 Å². The molecule has 0 radical (unpaired) electrons. The normalized spacial score (nSPS) is 14.1. The summed E-state index contributed by atoms with van der Waals surface area (Å²) in [6.07, 6.45) is 0. The predicted octanol–water partition coefficient (Wildman–Crippen LogP) is 1.71. The van der Waals surface area contributed by atoms with Gasteiger partial charge < -0.3 is 5.11 Å². The van der Waals surface area contributed by atoms with E-state index < -0.39 is 16.1 Å². The Morgan fingerprint density at radius 3 is 2.60 bits per heavy atom. The molecule has 86 valence electrons. The summed E-state index contributed by atoms with van der Waals surface area (Å²) in [4.78, 5) is -0.0560. The zero-order valence-corrected chi connectivity index (χ0v) is 10.8. The van der Waals surface area contributed by atoms with Crippen molar-refractivity contribution in [3.8, 4) is 0 Å². The highest BCUT2D eigenvalue weighted by Crippen LogP contribution is 2.34. The second kappa shape index (κ2) is 4.99. The predicted molar refractivity (Wildman–Crippen MR) is 61.2 cm³/mol. The van der Waals surface area contributed by atoms with Crippen LogP contribution in [-0.2, 0) is 10.0 Å². The van der Waals surface area contributed by atoms with Crippen molar-refractivity contribution in [2.24, 2.45) is 0 Å². The molecular formula is C7H9Cl2NO3S2. The highest BCUT2D eigenvalue weighted by atomic mass is 35.5. The minimum absolute atomic E-state index is 0.0560. The van der Waals surface area contributed by atoms with Crippen LogP contribution in [0.25, 0.3) is 0 Å². The molecule has 1 aromatic rings. The number of sulfonamides is 1. The van der Waals surface area contributed by atoms with Gasteiger partial charge in [0.2, 0.25) is 10.0 Å². The molecule has 1 rings (SSSR count). The summed E-state index contributed by atoms with van der Waals surface area (Å²) in [6.45, 7) is 1.26. The monoisotopic (exact) mass is 289 g/mol. The summed E-state index contributed by atoms with van der Waals surface area (Å²) < 4.78 is 26.0. The number of hydrogen-bond donors (Lipinski definition) is 2. The van der Waals surface area contributed by atoms with E-state index in [1.54, 1.807) is 6.92 Å². The maximum absolute atomic E-state index is 11.7. The molecule has 0 aliphatic rings. The lowest BCUT2D eigenvalue weighted by molar-refractivity contribution is 0.265. The summed E-state index contributed by atoms with van der Waals surface area (Å²) in [5.41, 5.74) is 0. The van der Waals surface area contributed by atoms with E-state index in [0.29, 0.717) is 4.34 Å². The van der Waals surface area contributed by atoms with Gasteiger partial charge in [-0.25, -0.2) is 13.1 Å². The number of halogens is 2. The zero-order chi connectivity index (χ0) is 11.6. The van der Waals surface area contributed by atoms with Crippen molar-refractivity contribution in [3.05, 3.63) is 14.7 Å². The lowest BCUT2D eigenvalue weighted by atomic mass is 10.4. The van der Waals surface area contributed by atoms with Crippen LogP contribution in [0.15, 0.2) is 11.0 Å². The van der Waals surface area contributed by atoms with E-state index in [-0.39, 0.29) is 15.8 Å². The third-order valence-corrected chi connectivity index (χ3v) is 4.89. The first-order valence-electron chi connectivity index (χ1n) is 3.95. The second-order valence-electron chi connectivity index (χ2n) is 2.89. The molecule has 0 aliphatic heterocycles. The van der Waals surface area contributed by atoms with E-state index in [0.717, 1.165) is 11.3 Å². The molecule has 4 nitrogen and oxygen atoms in total. The molecular weight excluding hydrogens is 281 g/mol. The van der Waals surface area contributed by atoms with E-state index in [1.165, 1.54) is 6.07 Å². The van der Waals surface area contributed by atoms with Crippen molar-refractivity contribution in [3.63, 3.8) is 0 Å². The number of hydrogen-bond acceptors (Lipinski definition) is 4. The third kappa shape index (κ3) is 3.30. The van der Waals surface area contributed by atoms with Gasteiger partial charge >= 0.3 is 0 Å². The summed E-state index contributed by atoms with van der Waals surface area (Å²) in [6, 6.07) is 0.714. The van der Waals surface area contributed by atoms with Crippen LogP contribution in [0, 0.1) is 0 Å². The van der Waals surface area contributed by atoms with E-state index in [9.17, 15) is 8.42 Å². The van der Waals surface area contributed by atoms with Crippen molar-refractivity contribution in [2.75, 3.05) is 6.61 Å². The van der Waals surface area contributed by atoms with Gasteiger partial charge in [-0.1, -0.05) is 23.2 Å². The first-order chi connectivity index (χ1) is 6.86. The second-order valence-corrected chi connectivity index (χ2v) is 6.86. The molecule has 0 spiro atoms. The smallest absolute Gasteiger partial charge is 0.243 e. The highest BCUT2D eigenvalue weighted by Gasteiger charge is 2.22. The van der Waals surface area contributed by atoms with Gasteiger partial charge in [0.05, 0.1) is 10.9 Å². The topological polar surface area (TPSA) is 66.4 Å². The quantitative estimate of drug-likeness (QED) is 0.887. The maximum Gasteiger partial charge on any atom is 0.243 e. The van der Waals surface area contributed by atoms with Gasteiger partial charge in [-0.3, -0.25) is 0 Å². The Morgan fingerprint density at radius 2 is 2.20 bits per heavy atom. The van der Waals surface area contributed by atoms with Crippen LogP contribution in [0.5, 0.6) is 0 Å². The number of nitrogens with one attached hydrogen (secondary N) is 1. The molecule has 0 saturated heterocycles. The summed E-state index contributed by atoms with van der Waals surface area (Å²) in [5, 5.41) is 8.74. The molecule has 0 unspecified atom stereocenters. The van der Waals surface area contributed by atoms with Crippen LogP contribution >= 0.6 is 34.5 Å². The fourth-order valence-electron chi connectivity index (χ4n) is 0.874. The first kappa shape index (κ1) is 13.2. The third-order valence-electron chi connectivity index (χ3n) is 1.55. The standard InChI is InChI=1S/C7H9Cl2NO3S2/c1-4(3-11)10-15(12,13)5-2-6(8)14-7(5)9/h2,4,10-11H,3H2,1H3/t4-/m0/s1. The van der Waals surface area contributed by atoms with Crippen LogP contribution in [0.3, 0.4) is 0 Å². The Morgan fingerprint density at radius 1 is 1.60 bits per heavy atom. The molecule has 0 saturated carbocycles. The molecule has 0 aliphatic carbocycles. The van der Waals surface area contributed by atoms with Crippen molar-refractivity contribution in [1.29, 1.82) is 0 Å². The number of aliphatic hydroxyl groups is 1. The van der Waals surface area contributed by atoms with Gasteiger partial charge in [0.25, 0.3) is 0 Å². The van der Waals surface area contributed by atoms with Crippen LogP contribution < -0.4 is 4.72 Å². The van der Waals surface area contributed by atoms with Crippen molar-refractivity contribution < 1.29 is 13.5 Å². The first-order valence-corrected chi connectivity index (χ1v) is 7.00. The van der Waals surface area contributed by atoms with Gasteiger partial charge in [-0.05, 0) is 13.0 Å². The largest absolute Gasteiger partial charge is 0.395 e. The molecule has 0 fully saturated rings. The molecule has 1 aromatic heterocycles. The van der Waals surface area contributed by atoms with Crippen molar-refractivity contribution in [1.82, 2.24) is 4.72 Å². The fraction of sp³-hybridized carbons (Fsp3) is 0.429. The fourth-order valence-corrected chi connectivity index (χ4v) is 4.26. The van der Waals surface area contributed by atoms with Crippen LogP contribution in [0.2, 0.25) is 8.67 Å². The van der Waals surface area contributed by atoms with Crippen LogP contribution in [0.4, 0.5) is 0 Å². The van der Waals surface area contributed by atoms with E-state index in [1.807, 2.05) is 0 Å². The molecule has 8 heteroatoms. The summed E-state index contributed by atoms with van der Waals surface area (Å²) in [5.74, 6) is 0. The average molecular weight is 290 g/mol. The Hall–Kier alpha value is 0.150. The van der Waals surface area contributed by atoms with Crippen LogP contribution in [0.1, 0.15) is 6.92 Å². The minimum atomic E-state index is -3.70. The lowest BCUT2D eigenvalue weighted by Gasteiger charge is -2.10. The Bertz CT molecular complexity index is 443. The summed E-state index contributed by atoms with van der Waals surface area (Å²) in [7, 11) is -3.70. The minimum Gasteiger partial charge on any atom is -0.395 e. The van der Waals surface area contributed by atoms with E-state index >= 15 is 0 Å². The molecule has 0 bridgehead atoms. The average Bonchev–Trinajstić information content (AvgIpc) is 2.45. The Balaban J connectivity index is 3.01. The molecule has 0 amide bonds.